The predicted octanol–water partition coefficient (Wildman–Crippen LogP) is 2.24. The fraction of sp³-hybridized carbons (Fsp3) is 0.538. The van der Waals surface area contributed by atoms with Gasteiger partial charge in [-0.1, -0.05) is 30.3 Å². The number of benzene rings is 1. The van der Waals surface area contributed by atoms with Crippen LogP contribution in [0.5, 0.6) is 0 Å². The Kier molecular flexibility index (Phi) is 4.79. The van der Waals surface area contributed by atoms with Crippen LogP contribution in [0.3, 0.4) is 0 Å². The third kappa shape index (κ3) is 4.45. The van der Waals surface area contributed by atoms with E-state index in [4.69, 9.17) is 11.5 Å². The Morgan fingerprint density at radius 2 is 1.40 bits per heavy atom. The van der Waals surface area contributed by atoms with Crippen molar-refractivity contribution >= 4 is 0 Å². The van der Waals surface area contributed by atoms with Gasteiger partial charge in [0.25, 0.3) is 0 Å². The number of nitrogens with two attached hydrogens (primary N) is 2. The molecule has 0 aliphatic rings. The van der Waals surface area contributed by atoms with Crippen LogP contribution in [0.2, 0.25) is 0 Å². The minimum absolute atomic E-state index is 0.231. The average Bonchev–Trinajstić information content (AvgIpc) is 2.17. The first-order valence-corrected chi connectivity index (χ1v) is 5.65. The lowest BCUT2D eigenvalue weighted by atomic mass is 9.88. The van der Waals surface area contributed by atoms with Crippen LogP contribution in [0.15, 0.2) is 30.3 Å². The molecule has 1 aromatic rings. The maximum atomic E-state index is 5.87. The highest BCUT2D eigenvalue weighted by atomic mass is 14.6. The second kappa shape index (κ2) is 5.89. The third-order valence-electron chi connectivity index (χ3n) is 2.58. The normalized spacial score (nSPS) is 17.1. The fourth-order valence-electron chi connectivity index (χ4n) is 1.99. The van der Waals surface area contributed by atoms with Crippen molar-refractivity contribution in [2.24, 2.45) is 11.5 Å². The van der Waals surface area contributed by atoms with Crippen molar-refractivity contribution in [2.75, 3.05) is 0 Å². The molecule has 0 radical (unpaired) electrons. The van der Waals surface area contributed by atoms with Crippen molar-refractivity contribution in [1.29, 1.82) is 0 Å². The summed E-state index contributed by atoms with van der Waals surface area (Å²) in [6.07, 6.45) is 2.01. The summed E-state index contributed by atoms with van der Waals surface area (Å²) in [6.45, 7) is 4.11. The Hall–Kier alpha value is -0.860. The van der Waals surface area contributed by atoms with Gasteiger partial charge in [-0.25, -0.2) is 0 Å². The lowest BCUT2D eigenvalue weighted by Crippen LogP contribution is -2.24. The summed E-state index contributed by atoms with van der Waals surface area (Å²) in [5, 5.41) is 0. The molecule has 2 nitrogen and oxygen atoms in total. The topological polar surface area (TPSA) is 52.0 Å². The Balaban J connectivity index is 2.72. The summed E-state index contributed by atoms with van der Waals surface area (Å²) in [5.41, 5.74) is 13.1. The molecule has 0 spiro atoms. The second-order valence-electron chi connectivity index (χ2n) is 4.53. The van der Waals surface area contributed by atoms with E-state index in [0.717, 1.165) is 12.8 Å². The molecule has 0 heterocycles. The van der Waals surface area contributed by atoms with E-state index < -0.39 is 0 Å². The molecule has 1 aromatic carbocycles. The van der Waals surface area contributed by atoms with Crippen LogP contribution in [0.1, 0.15) is 38.2 Å². The second-order valence-corrected chi connectivity index (χ2v) is 4.53. The minimum atomic E-state index is 0.231. The smallest absolute Gasteiger partial charge is 0.00163 e. The first-order chi connectivity index (χ1) is 7.09. The highest BCUT2D eigenvalue weighted by Gasteiger charge is 2.14. The molecule has 0 bridgehead atoms. The van der Waals surface area contributed by atoms with Crippen molar-refractivity contribution in [2.45, 2.75) is 44.7 Å². The highest BCUT2D eigenvalue weighted by Crippen LogP contribution is 2.25. The van der Waals surface area contributed by atoms with Crippen molar-refractivity contribution in [3.63, 3.8) is 0 Å². The number of rotatable bonds is 5. The zero-order valence-electron chi connectivity index (χ0n) is 9.69. The molecular formula is C13H22N2. The Bertz CT molecular complexity index is 257. The SMILES string of the molecule is CC(N)CC(CC(C)N)c1ccccc1. The Morgan fingerprint density at radius 1 is 0.933 bits per heavy atom. The van der Waals surface area contributed by atoms with Crippen LogP contribution in [-0.4, -0.2) is 12.1 Å². The first kappa shape index (κ1) is 12.2. The van der Waals surface area contributed by atoms with E-state index in [0.29, 0.717) is 5.92 Å². The number of hydrogen-bond donors (Lipinski definition) is 2. The van der Waals surface area contributed by atoms with Crippen LogP contribution < -0.4 is 11.5 Å². The molecule has 0 saturated carbocycles. The molecule has 84 valence electrons. The van der Waals surface area contributed by atoms with E-state index in [1.54, 1.807) is 0 Å². The molecule has 0 amide bonds. The van der Waals surface area contributed by atoms with Gasteiger partial charge in [0.05, 0.1) is 0 Å². The quantitative estimate of drug-likeness (QED) is 0.776. The summed E-state index contributed by atoms with van der Waals surface area (Å²) in [6, 6.07) is 11.0. The van der Waals surface area contributed by atoms with Gasteiger partial charge in [-0.3, -0.25) is 0 Å². The molecule has 15 heavy (non-hydrogen) atoms. The zero-order valence-corrected chi connectivity index (χ0v) is 9.69. The van der Waals surface area contributed by atoms with Crippen LogP contribution >= 0.6 is 0 Å². The van der Waals surface area contributed by atoms with Crippen molar-refractivity contribution in [3.05, 3.63) is 35.9 Å². The van der Waals surface area contributed by atoms with Gasteiger partial charge in [-0.15, -0.1) is 0 Å². The van der Waals surface area contributed by atoms with E-state index >= 15 is 0 Å². The van der Waals surface area contributed by atoms with E-state index in [1.165, 1.54) is 5.56 Å². The van der Waals surface area contributed by atoms with Crippen LogP contribution in [0.4, 0.5) is 0 Å². The standard InChI is InChI=1S/C13H22N2/c1-10(14)8-13(9-11(2)15)12-6-4-3-5-7-12/h3-7,10-11,13H,8-9,14-15H2,1-2H3. The summed E-state index contributed by atoms with van der Waals surface area (Å²) >= 11 is 0. The lowest BCUT2D eigenvalue weighted by molar-refractivity contribution is 0.486. The van der Waals surface area contributed by atoms with Crippen LogP contribution in [0, 0.1) is 0 Å². The molecular weight excluding hydrogens is 184 g/mol. The molecule has 2 unspecified atom stereocenters. The molecule has 0 fully saturated rings. The van der Waals surface area contributed by atoms with Crippen molar-refractivity contribution < 1.29 is 0 Å². The number of hydrogen-bond acceptors (Lipinski definition) is 2. The zero-order chi connectivity index (χ0) is 11.3. The molecule has 0 aliphatic carbocycles. The lowest BCUT2D eigenvalue weighted by Gasteiger charge is -2.21. The van der Waals surface area contributed by atoms with Crippen molar-refractivity contribution in [3.8, 4) is 0 Å². The van der Waals surface area contributed by atoms with Crippen LogP contribution in [0.25, 0.3) is 0 Å². The molecule has 2 atom stereocenters. The van der Waals surface area contributed by atoms with Gasteiger partial charge in [0.2, 0.25) is 0 Å². The van der Waals surface area contributed by atoms with Crippen molar-refractivity contribution in [1.82, 2.24) is 0 Å². The highest BCUT2D eigenvalue weighted by molar-refractivity contribution is 5.19. The van der Waals surface area contributed by atoms with Gasteiger partial charge in [-0.2, -0.15) is 0 Å². The van der Waals surface area contributed by atoms with E-state index in [1.807, 2.05) is 6.07 Å². The summed E-state index contributed by atoms with van der Waals surface area (Å²) < 4.78 is 0. The Labute approximate surface area is 92.7 Å². The summed E-state index contributed by atoms with van der Waals surface area (Å²) in [7, 11) is 0. The van der Waals surface area contributed by atoms with Crippen LogP contribution in [-0.2, 0) is 0 Å². The van der Waals surface area contributed by atoms with E-state index in [-0.39, 0.29) is 12.1 Å². The van der Waals surface area contributed by atoms with Gasteiger partial charge in [0, 0.05) is 12.1 Å². The van der Waals surface area contributed by atoms with Gasteiger partial charge < -0.3 is 11.5 Å². The first-order valence-electron chi connectivity index (χ1n) is 5.65. The van der Waals surface area contributed by atoms with E-state index in [9.17, 15) is 0 Å². The largest absolute Gasteiger partial charge is 0.328 e. The van der Waals surface area contributed by atoms with E-state index in [2.05, 4.69) is 38.1 Å². The molecule has 0 saturated heterocycles. The van der Waals surface area contributed by atoms with Gasteiger partial charge in [-0.05, 0) is 38.2 Å². The molecule has 4 N–H and O–H groups in total. The van der Waals surface area contributed by atoms with Gasteiger partial charge in [0.15, 0.2) is 0 Å². The molecule has 0 aromatic heterocycles. The maximum absolute atomic E-state index is 5.87. The monoisotopic (exact) mass is 206 g/mol. The summed E-state index contributed by atoms with van der Waals surface area (Å²) in [4.78, 5) is 0. The molecule has 1 rings (SSSR count). The Morgan fingerprint density at radius 3 is 1.80 bits per heavy atom. The molecule has 0 aliphatic heterocycles. The minimum Gasteiger partial charge on any atom is -0.328 e. The fourth-order valence-corrected chi connectivity index (χ4v) is 1.99. The summed E-state index contributed by atoms with van der Waals surface area (Å²) in [5.74, 6) is 0.492. The third-order valence-corrected chi connectivity index (χ3v) is 2.58. The van der Waals surface area contributed by atoms with Gasteiger partial charge in [0.1, 0.15) is 0 Å². The predicted molar refractivity (Wildman–Crippen MR) is 65.7 cm³/mol. The average molecular weight is 206 g/mol. The van der Waals surface area contributed by atoms with Gasteiger partial charge >= 0.3 is 0 Å². The molecule has 2 heteroatoms. The maximum Gasteiger partial charge on any atom is 0.00163 e.